The second-order valence-electron chi connectivity index (χ2n) is 7.44. The third kappa shape index (κ3) is 4.14. The SMILES string of the molecule is Cc1noc([C@H]2CCCN(C(=O)CC(c3ccccc3)c3ccccc3)C2)n1. The summed E-state index contributed by atoms with van der Waals surface area (Å²) in [6, 6.07) is 20.6. The molecule has 2 heterocycles. The Labute approximate surface area is 165 Å². The first-order chi connectivity index (χ1) is 13.7. The van der Waals surface area contributed by atoms with Crippen molar-refractivity contribution in [2.24, 2.45) is 0 Å². The maximum absolute atomic E-state index is 13.2. The molecule has 28 heavy (non-hydrogen) atoms. The number of aryl methyl sites for hydroxylation is 1. The number of hydrogen-bond acceptors (Lipinski definition) is 4. The van der Waals surface area contributed by atoms with Crippen molar-refractivity contribution in [2.45, 2.75) is 38.0 Å². The normalized spacial score (nSPS) is 17.1. The Morgan fingerprint density at radius 1 is 1.11 bits per heavy atom. The molecule has 5 nitrogen and oxygen atoms in total. The number of hydrogen-bond donors (Lipinski definition) is 0. The zero-order valence-corrected chi connectivity index (χ0v) is 16.1. The van der Waals surface area contributed by atoms with E-state index in [0.29, 0.717) is 24.7 Å². The van der Waals surface area contributed by atoms with Gasteiger partial charge in [0.2, 0.25) is 11.8 Å². The molecule has 2 aromatic carbocycles. The average Bonchev–Trinajstić information content (AvgIpc) is 3.19. The van der Waals surface area contributed by atoms with Crippen molar-refractivity contribution >= 4 is 5.91 Å². The van der Waals surface area contributed by atoms with Crippen LogP contribution in [0.5, 0.6) is 0 Å². The van der Waals surface area contributed by atoms with E-state index < -0.39 is 0 Å². The maximum Gasteiger partial charge on any atom is 0.231 e. The third-order valence-corrected chi connectivity index (χ3v) is 5.45. The lowest BCUT2D eigenvalue weighted by Crippen LogP contribution is -2.39. The average molecular weight is 375 g/mol. The Kier molecular flexibility index (Phi) is 5.51. The molecule has 1 amide bonds. The van der Waals surface area contributed by atoms with E-state index in [2.05, 4.69) is 34.4 Å². The summed E-state index contributed by atoms with van der Waals surface area (Å²) in [5.41, 5.74) is 2.34. The summed E-state index contributed by atoms with van der Waals surface area (Å²) in [7, 11) is 0. The minimum atomic E-state index is 0.0564. The molecular weight excluding hydrogens is 350 g/mol. The van der Waals surface area contributed by atoms with Crippen LogP contribution < -0.4 is 0 Å². The van der Waals surface area contributed by atoms with Crippen molar-refractivity contribution in [2.75, 3.05) is 13.1 Å². The van der Waals surface area contributed by atoms with Crippen LogP contribution in [0.25, 0.3) is 0 Å². The van der Waals surface area contributed by atoms with E-state index in [1.54, 1.807) is 0 Å². The highest BCUT2D eigenvalue weighted by molar-refractivity contribution is 5.78. The van der Waals surface area contributed by atoms with Crippen LogP contribution >= 0.6 is 0 Å². The maximum atomic E-state index is 13.2. The highest BCUT2D eigenvalue weighted by Crippen LogP contribution is 2.31. The van der Waals surface area contributed by atoms with Crippen LogP contribution in [0.15, 0.2) is 65.2 Å². The molecule has 1 aliphatic rings. The zero-order valence-electron chi connectivity index (χ0n) is 16.1. The number of amides is 1. The first-order valence-corrected chi connectivity index (χ1v) is 9.88. The summed E-state index contributed by atoms with van der Waals surface area (Å²) in [6.07, 6.45) is 2.40. The van der Waals surface area contributed by atoms with Gasteiger partial charge in [-0.05, 0) is 30.9 Å². The van der Waals surface area contributed by atoms with Crippen molar-refractivity contribution in [3.63, 3.8) is 0 Å². The van der Waals surface area contributed by atoms with Crippen LogP contribution in [-0.2, 0) is 4.79 Å². The molecule has 1 aromatic heterocycles. The van der Waals surface area contributed by atoms with Gasteiger partial charge in [0.1, 0.15) is 0 Å². The Hall–Kier alpha value is -2.95. The van der Waals surface area contributed by atoms with E-state index >= 15 is 0 Å². The van der Waals surface area contributed by atoms with E-state index in [4.69, 9.17) is 4.52 Å². The molecule has 0 unspecified atom stereocenters. The van der Waals surface area contributed by atoms with Gasteiger partial charge in [-0.15, -0.1) is 0 Å². The van der Waals surface area contributed by atoms with Gasteiger partial charge in [-0.2, -0.15) is 4.98 Å². The van der Waals surface area contributed by atoms with Crippen LogP contribution in [0.4, 0.5) is 0 Å². The molecule has 0 bridgehead atoms. The van der Waals surface area contributed by atoms with Crippen LogP contribution in [0.2, 0.25) is 0 Å². The monoisotopic (exact) mass is 375 g/mol. The van der Waals surface area contributed by atoms with Crippen LogP contribution in [-0.4, -0.2) is 34.0 Å². The molecule has 0 radical (unpaired) electrons. The summed E-state index contributed by atoms with van der Waals surface area (Å²) in [6.45, 7) is 3.26. The molecule has 0 aliphatic carbocycles. The summed E-state index contributed by atoms with van der Waals surface area (Å²) in [5, 5.41) is 3.90. The first-order valence-electron chi connectivity index (χ1n) is 9.88. The van der Waals surface area contributed by atoms with Gasteiger partial charge in [-0.1, -0.05) is 65.8 Å². The number of carbonyl (C=O) groups is 1. The standard InChI is InChI=1S/C23H25N3O2/c1-17-24-23(28-25-17)20-13-8-14-26(16-20)22(27)15-21(18-9-4-2-5-10-18)19-11-6-3-7-12-19/h2-7,9-12,20-21H,8,13-16H2,1H3/t20-/m0/s1. The van der Waals surface area contributed by atoms with Crippen molar-refractivity contribution in [3.05, 3.63) is 83.5 Å². The number of aromatic nitrogens is 2. The Balaban J connectivity index is 1.51. The zero-order chi connectivity index (χ0) is 19.3. The highest BCUT2D eigenvalue weighted by Gasteiger charge is 2.30. The highest BCUT2D eigenvalue weighted by atomic mass is 16.5. The van der Waals surface area contributed by atoms with Gasteiger partial charge < -0.3 is 9.42 Å². The van der Waals surface area contributed by atoms with Gasteiger partial charge in [0.25, 0.3) is 0 Å². The lowest BCUT2D eigenvalue weighted by Gasteiger charge is -2.32. The van der Waals surface area contributed by atoms with E-state index in [9.17, 15) is 4.79 Å². The van der Waals surface area contributed by atoms with E-state index in [-0.39, 0.29) is 17.7 Å². The van der Waals surface area contributed by atoms with Gasteiger partial charge >= 0.3 is 0 Å². The number of nitrogens with zero attached hydrogens (tertiary/aromatic N) is 3. The number of piperidine rings is 1. The fraction of sp³-hybridized carbons (Fsp3) is 0.348. The smallest absolute Gasteiger partial charge is 0.231 e. The summed E-state index contributed by atoms with van der Waals surface area (Å²) in [4.78, 5) is 19.5. The molecule has 3 aromatic rings. The molecule has 1 atom stereocenters. The van der Waals surface area contributed by atoms with Gasteiger partial charge in [-0.3, -0.25) is 4.79 Å². The van der Waals surface area contributed by atoms with Crippen molar-refractivity contribution < 1.29 is 9.32 Å². The second kappa shape index (κ2) is 8.38. The predicted molar refractivity (Wildman–Crippen MR) is 107 cm³/mol. The van der Waals surface area contributed by atoms with Crippen molar-refractivity contribution in [1.82, 2.24) is 15.0 Å². The number of likely N-dealkylation sites (tertiary alicyclic amines) is 1. The molecule has 1 saturated heterocycles. The minimum Gasteiger partial charge on any atom is -0.342 e. The molecule has 0 N–H and O–H groups in total. The molecule has 0 spiro atoms. The van der Waals surface area contributed by atoms with Gasteiger partial charge in [0.15, 0.2) is 5.82 Å². The fourth-order valence-electron chi connectivity index (χ4n) is 3.99. The molecule has 1 aliphatic heterocycles. The fourth-order valence-corrected chi connectivity index (χ4v) is 3.99. The molecule has 4 rings (SSSR count). The molecule has 1 fully saturated rings. The van der Waals surface area contributed by atoms with E-state index in [1.807, 2.05) is 48.2 Å². The lowest BCUT2D eigenvalue weighted by atomic mass is 9.87. The van der Waals surface area contributed by atoms with Crippen LogP contribution in [0, 0.1) is 6.92 Å². The van der Waals surface area contributed by atoms with Gasteiger partial charge in [0, 0.05) is 25.4 Å². The Morgan fingerprint density at radius 2 is 1.75 bits per heavy atom. The number of benzene rings is 2. The predicted octanol–water partition coefficient (Wildman–Crippen LogP) is 4.31. The van der Waals surface area contributed by atoms with Gasteiger partial charge in [0.05, 0.1) is 5.92 Å². The summed E-state index contributed by atoms with van der Waals surface area (Å²) >= 11 is 0. The third-order valence-electron chi connectivity index (χ3n) is 5.45. The van der Waals surface area contributed by atoms with Gasteiger partial charge in [-0.25, -0.2) is 0 Å². The topological polar surface area (TPSA) is 59.2 Å². The second-order valence-corrected chi connectivity index (χ2v) is 7.44. The first kappa shape index (κ1) is 18.4. The van der Waals surface area contributed by atoms with Crippen LogP contribution in [0.1, 0.15) is 53.9 Å². The largest absolute Gasteiger partial charge is 0.342 e. The quantitative estimate of drug-likeness (QED) is 0.667. The molecular formula is C23H25N3O2. The molecule has 144 valence electrons. The lowest BCUT2D eigenvalue weighted by molar-refractivity contribution is -0.132. The van der Waals surface area contributed by atoms with E-state index in [1.165, 1.54) is 11.1 Å². The summed E-state index contributed by atoms with van der Waals surface area (Å²) < 4.78 is 5.35. The number of carbonyl (C=O) groups excluding carboxylic acids is 1. The minimum absolute atomic E-state index is 0.0564. The van der Waals surface area contributed by atoms with Crippen LogP contribution in [0.3, 0.4) is 0 Å². The Bertz CT molecular complexity index is 868. The molecule has 0 saturated carbocycles. The van der Waals surface area contributed by atoms with Crippen molar-refractivity contribution in [1.29, 1.82) is 0 Å². The Morgan fingerprint density at radius 3 is 2.32 bits per heavy atom. The van der Waals surface area contributed by atoms with Crippen molar-refractivity contribution in [3.8, 4) is 0 Å². The summed E-state index contributed by atoms with van der Waals surface area (Å²) in [5.74, 6) is 1.66. The number of rotatable bonds is 5. The molecule has 5 heteroatoms. The van der Waals surface area contributed by atoms with E-state index in [0.717, 1.165) is 19.4 Å².